The third-order valence-corrected chi connectivity index (χ3v) is 4.29. The van der Waals surface area contributed by atoms with Gasteiger partial charge in [-0.3, -0.25) is 0 Å². The molecule has 2 amide bonds. The minimum Gasteiger partial charge on any atom is -0.387 e. The zero-order valence-electron chi connectivity index (χ0n) is 13.6. The largest absolute Gasteiger partial charge is 0.387 e. The van der Waals surface area contributed by atoms with Crippen molar-refractivity contribution in [3.05, 3.63) is 54.6 Å². The summed E-state index contributed by atoms with van der Waals surface area (Å²) < 4.78 is 0. The molecular formula is C19H23N3O2. The molecule has 1 heterocycles. The van der Waals surface area contributed by atoms with Crippen molar-refractivity contribution in [3.63, 3.8) is 0 Å². The fourth-order valence-corrected chi connectivity index (χ4v) is 2.98. The van der Waals surface area contributed by atoms with Crippen LogP contribution in [-0.2, 0) is 0 Å². The molecule has 0 spiro atoms. The number of para-hydroxylation sites is 1. The van der Waals surface area contributed by atoms with Gasteiger partial charge in [0.2, 0.25) is 0 Å². The molecule has 2 aromatic carbocycles. The number of benzene rings is 2. The molecular weight excluding hydrogens is 302 g/mol. The number of carbonyl (C=O) groups is 1. The van der Waals surface area contributed by atoms with E-state index in [1.165, 1.54) is 0 Å². The Kier molecular flexibility index (Phi) is 5.13. The highest BCUT2D eigenvalue weighted by atomic mass is 16.3. The number of carbonyl (C=O) groups excluding carboxylic acids is 1. The molecule has 126 valence electrons. The molecule has 0 aliphatic carbocycles. The Bertz CT molecular complexity index is 682. The minimum absolute atomic E-state index is 0.235. The molecule has 24 heavy (non-hydrogen) atoms. The summed E-state index contributed by atoms with van der Waals surface area (Å²) >= 11 is 0. The molecule has 3 rings (SSSR count). The predicted molar refractivity (Wildman–Crippen MR) is 96.0 cm³/mol. The van der Waals surface area contributed by atoms with Crippen molar-refractivity contribution in [2.75, 3.05) is 25.0 Å². The third kappa shape index (κ3) is 4.13. The van der Waals surface area contributed by atoms with Crippen LogP contribution in [0.5, 0.6) is 0 Å². The van der Waals surface area contributed by atoms with Crippen molar-refractivity contribution in [1.29, 1.82) is 0 Å². The molecule has 1 atom stereocenters. The molecule has 0 aromatic heterocycles. The number of anilines is 1. The van der Waals surface area contributed by atoms with Crippen molar-refractivity contribution < 1.29 is 9.90 Å². The van der Waals surface area contributed by atoms with Crippen LogP contribution in [0.2, 0.25) is 0 Å². The Balaban J connectivity index is 1.65. The van der Waals surface area contributed by atoms with Crippen LogP contribution in [0.4, 0.5) is 10.5 Å². The fraction of sp³-hybridized carbons (Fsp3) is 0.316. The SMILES string of the molecule is O=C(NC[C@]1(O)CCCNC1)Nc1ccccc1-c1ccccc1. The van der Waals surface area contributed by atoms with Crippen molar-refractivity contribution in [3.8, 4) is 11.1 Å². The van der Waals surface area contributed by atoms with E-state index in [0.717, 1.165) is 29.8 Å². The van der Waals surface area contributed by atoms with E-state index in [1.54, 1.807) is 0 Å². The Labute approximate surface area is 142 Å². The van der Waals surface area contributed by atoms with E-state index >= 15 is 0 Å². The number of nitrogens with one attached hydrogen (secondary N) is 3. The van der Waals surface area contributed by atoms with Crippen LogP contribution in [0.15, 0.2) is 54.6 Å². The average molecular weight is 325 g/mol. The summed E-state index contributed by atoms with van der Waals surface area (Å²) in [7, 11) is 0. The van der Waals surface area contributed by atoms with Crippen LogP contribution in [0, 0.1) is 0 Å². The number of piperidine rings is 1. The van der Waals surface area contributed by atoms with Crippen molar-refractivity contribution in [1.82, 2.24) is 10.6 Å². The van der Waals surface area contributed by atoms with Crippen molar-refractivity contribution >= 4 is 11.7 Å². The lowest BCUT2D eigenvalue weighted by atomic mass is 9.94. The van der Waals surface area contributed by atoms with Gasteiger partial charge in [0.1, 0.15) is 0 Å². The number of aliphatic hydroxyl groups is 1. The summed E-state index contributed by atoms with van der Waals surface area (Å²) in [5, 5.41) is 19.2. The van der Waals surface area contributed by atoms with Gasteiger partial charge >= 0.3 is 6.03 Å². The van der Waals surface area contributed by atoms with Gasteiger partial charge in [0.15, 0.2) is 0 Å². The summed E-state index contributed by atoms with van der Waals surface area (Å²) in [6.07, 6.45) is 1.61. The fourth-order valence-electron chi connectivity index (χ4n) is 2.98. The quantitative estimate of drug-likeness (QED) is 0.698. The van der Waals surface area contributed by atoms with Crippen LogP contribution in [0.3, 0.4) is 0 Å². The number of urea groups is 1. The first-order valence-corrected chi connectivity index (χ1v) is 8.29. The number of β-amino-alcohol motifs (C(OH)–C–C–N with tert-alkyl or cyclic N) is 1. The lowest BCUT2D eigenvalue weighted by Gasteiger charge is -2.32. The molecule has 0 saturated carbocycles. The molecule has 0 unspecified atom stereocenters. The predicted octanol–water partition coefficient (Wildman–Crippen LogP) is 2.59. The van der Waals surface area contributed by atoms with Crippen LogP contribution < -0.4 is 16.0 Å². The van der Waals surface area contributed by atoms with E-state index in [2.05, 4.69) is 16.0 Å². The molecule has 1 fully saturated rings. The molecule has 5 nitrogen and oxygen atoms in total. The first-order chi connectivity index (χ1) is 11.7. The highest BCUT2D eigenvalue weighted by Crippen LogP contribution is 2.27. The van der Waals surface area contributed by atoms with E-state index in [4.69, 9.17) is 0 Å². The Morgan fingerprint density at radius 3 is 2.62 bits per heavy atom. The van der Waals surface area contributed by atoms with Crippen LogP contribution in [-0.4, -0.2) is 36.4 Å². The normalized spacial score (nSPS) is 20.4. The summed E-state index contributed by atoms with van der Waals surface area (Å²) in [5.74, 6) is 0. The number of amides is 2. The van der Waals surface area contributed by atoms with E-state index in [0.29, 0.717) is 13.0 Å². The van der Waals surface area contributed by atoms with Crippen LogP contribution >= 0.6 is 0 Å². The number of hydrogen-bond donors (Lipinski definition) is 4. The molecule has 0 bridgehead atoms. The molecule has 4 N–H and O–H groups in total. The minimum atomic E-state index is -0.867. The molecule has 1 aliphatic rings. The first-order valence-electron chi connectivity index (χ1n) is 8.29. The maximum Gasteiger partial charge on any atom is 0.319 e. The Hall–Kier alpha value is -2.37. The zero-order valence-corrected chi connectivity index (χ0v) is 13.6. The maximum absolute atomic E-state index is 12.2. The van der Waals surface area contributed by atoms with Gasteiger partial charge in [-0.15, -0.1) is 0 Å². The van der Waals surface area contributed by atoms with Gasteiger partial charge in [0.05, 0.1) is 11.3 Å². The molecule has 1 saturated heterocycles. The standard InChI is InChI=1S/C19H23N3O2/c23-18(21-14-19(24)11-6-12-20-13-19)22-17-10-5-4-9-16(17)15-7-2-1-3-8-15/h1-5,7-10,20,24H,6,11-14H2,(H2,21,22,23)/t19-/m0/s1. The van der Waals surface area contributed by atoms with Gasteiger partial charge in [-0.1, -0.05) is 48.5 Å². The summed E-state index contributed by atoms with van der Waals surface area (Å²) in [4.78, 5) is 12.2. The monoisotopic (exact) mass is 325 g/mol. The van der Waals surface area contributed by atoms with Crippen LogP contribution in [0.1, 0.15) is 12.8 Å². The van der Waals surface area contributed by atoms with Gasteiger partial charge < -0.3 is 21.1 Å². The van der Waals surface area contributed by atoms with Gasteiger partial charge in [0.25, 0.3) is 0 Å². The highest BCUT2D eigenvalue weighted by Gasteiger charge is 2.29. The Morgan fingerprint density at radius 1 is 1.12 bits per heavy atom. The number of hydrogen-bond acceptors (Lipinski definition) is 3. The highest BCUT2D eigenvalue weighted by molar-refractivity contribution is 5.94. The van der Waals surface area contributed by atoms with E-state index in [1.807, 2.05) is 54.6 Å². The zero-order chi connectivity index (χ0) is 16.8. The van der Waals surface area contributed by atoms with E-state index < -0.39 is 5.60 Å². The lowest BCUT2D eigenvalue weighted by Crippen LogP contribution is -2.53. The van der Waals surface area contributed by atoms with Gasteiger partial charge in [-0.25, -0.2) is 4.79 Å². The first kappa shape index (κ1) is 16.5. The lowest BCUT2D eigenvalue weighted by molar-refractivity contribution is 0.0198. The second kappa shape index (κ2) is 7.47. The van der Waals surface area contributed by atoms with Gasteiger partial charge in [-0.05, 0) is 31.0 Å². The topological polar surface area (TPSA) is 73.4 Å². The second-order valence-corrected chi connectivity index (χ2v) is 6.22. The molecule has 5 heteroatoms. The van der Waals surface area contributed by atoms with Crippen molar-refractivity contribution in [2.24, 2.45) is 0 Å². The Morgan fingerprint density at radius 2 is 1.88 bits per heavy atom. The molecule has 0 radical (unpaired) electrons. The van der Waals surface area contributed by atoms with Gasteiger partial charge in [0, 0.05) is 18.7 Å². The smallest absolute Gasteiger partial charge is 0.319 e. The maximum atomic E-state index is 12.2. The number of rotatable bonds is 4. The molecule has 2 aromatic rings. The summed E-state index contributed by atoms with van der Waals surface area (Å²) in [6, 6.07) is 17.3. The van der Waals surface area contributed by atoms with Gasteiger partial charge in [-0.2, -0.15) is 0 Å². The average Bonchev–Trinajstić information content (AvgIpc) is 2.62. The van der Waals surface area contributed by atoms with Crippen molar-refractivity contribution in [2.45, 2.75) is 18.4 Å². The summed E-state index contributed by atoms with van der Waals surface area (Å²) in [6.45, 7) is 1.66. The van der Waals surface area contributed by atoms with Crippen LogP contribution in [0.25, 0.3) is 11.1 Å². The second-order valence-electron chi connectivity index (χ2n) is 6.22. The van der Waals surface area contributed by atoms with E-state index in [9.17, 15) is 9.90 Å². The molecule has 1 aliphatic heterocycles. The summed E-state index contributed by atoms with van der Waals surface area (Å²) in [5.41, 5.74) is 1.89. The third-order valence-electron chi connectivity index (χ3n) is 4.29. The van der Waals surface area contributed by atoms with E-state index in [-0.39, 0.29) is 12.6 Å².